The molecule has 11 heteroatoms. The molecule has 2 aliphatic rings. The number of aromatic nitrogens is 4. The molecule has 0 radical (unpaired) electrons. The lowest BCUT2D eigenvalue weighted by molar-refractivity contribution is -0.166. The van der Waals surface area contributed by atoms with Crippen LogP contribution in [-0.2, 0) is 14.2 Å². The monoisotopic (exact) mass is 542 g/mol. The highest BCUT2D eigenvalue weighted by molar-refractivity contribution is 7.21. The fraction of sp³-hybridized carbons (Fsp3) is 0.630. The van der Waals surface area contributed by atoms with Crippen LogP contribution in [0.4, 0.5) is 11.8 Å². The van der Waals surface area contributed by atoms with Crippen LogP contribution in [0.25, 0.3) is 20.8 Å². The number of aliphatic hydroxyl groups is 1. The molecule has 0 aromatic carbocycles. The maximum atomic E-state index is 11.0. The van der Waals surface area contributed by atoms with Crippen molar-refractivity contribution in [3.05, 3.63) is 23.7 Å². The molecular weight excluding hydrogens is 504 g/mol. The van der Waals surface area contributed by atoms with Gasteiger partial charge in [0.15, 0.2) is 5.79 Å². The van der Waals surface area contributed by atoms with Crippen LogP contribution in [0.1, 0.15) is 52.4 Å². The lowest BCUT2D eigenvalue weighted by Gasteiger charge is -2.31. The zero-order valence-electron chi connectivity index (χ0n) is 23.3. The molecular formula is C27H38N6O4S. The van der Waals surface area contributed by atoms with Crippen LogP contribution >= 0.6 is 11.3 Å². The number of aryl methyl sites for hydroxylation is 2. The van der Waals surface area contributed by atoms with Crippen molar-refractivity contribution in [2.45, 2.75) is 90.6 Å². The van der Waals surface area contributed by atoms with Crippen LogP contribution in [0.2, 0.25) is 0 Å². The van der Waals surface area contributed by atoms with E-state index in [-0.39, 0.29) is 30.2 Å². The van der Waals surface area contributed by atoms with Gasteiger partial charge in [-0.15, -0.1) is 11.3 Å². The summed E-state index contributed by atoms with van der Waals surface area (Å²) in [5.74, 6) is 0.342. The molecule has 3 aromatic rings. The summed E-state index contributed by atoms with van der Waals surface area (Å²) in [6.45, 7) is 14.0. The van der Waals surface area contributed by atoms with E-state index in [4.69, 9.17) is 29.2 Å². The smallest absolute Gasteiger partial charge is 0.225 e. The summed E-state index contributed by atoms with van der Waals surface area (Å²) < 4.78 is 19.0. The lowest BCUT2D eigenvalue weighted by atomic mass is 9.87. The number of hydrogen-bond donors (Lipinski definition) is 3. The number of anilines is 2. The molecule has 0 spiro atoms. The molecule has 206 valence electrons. The van der Waals surface area contributed by atoms with Crippen LogP contribution in [0.5, 0.6) is 0 Å². The Kier molecular flexibility index (Phi) is 7.10. The number of nitrogens with one attached hydrogen (secondary N) is 2. The summed E-state index contributed by atoms with van der Waals surface area (Å²) >= 11 is 1.60. The van der Waals surface area contributed by atoms with Crippen molar-refractivity contribution in [1.82, 2.24) is 19.9 Å². The van der Waals surface area contributed by atoms with E-state index in [0.717, 1.165) is 32.2 Å². The Morgan fingerprint density at radius 1 is 1.18 bits per heavy atom. The predicted molar refractivity (Wildman–Crippen MR) is 149 cm³/mol. The summed E-state index contributed by atoms with van der Waals surface area (Å²) in [6.07, 6.45) is 2.00. The quantitative estimate of drug-likeness (QED) is 0.379. The molecule has 1 aliphatic heterocycles. The SMILES string of the molecule is COC[C@@H](C)Nc1nc(C)c(-c2nc3c(C)nccc3s2)c(N[C@@H]2C[C@H](C(C)(C)O)[C@H]3OC(C)(C)O[C@H]32)n1. The summed E-state index contributed by atoms with van der Waals surface area (Å²) in [4.78, 5) is 19.1. The topological polar surface area (TPSA) is 124 Å². The minimum absolute atomic E-state index is 0.0251. The Balaban J connectivity index is 1.57. The molecule has 10 nitrogen and oxygen atoms in total. The maximum Gasteiger partial charge on any atom is 0.225 e. The number of fused-ring (bicyclic) bond motifs is 2. The van der Waals surface area contributed by atoms with Crippen molar-refractivity contribution in [1.29, 1.82) is 0 Å². The molecule has 3 aromatic heterocycles. The van der Waals surface area contributed by atoms with Crippen LogP contribution in [0.15, 0.2) is 12.3 Å². The molecule has 5 rings (SSSR count). The zero-order valence-corrected chi connectivity index (χ0v) is 24.1. The van der Waals surface area contributed by atoms with Gasteiger partial charge in [-0.05, 0) is 61.0 Å². The summed E-state index contributed by atoms with van der Waals surface area (Å²) in [6, 6.07) is 1.88. The van der Waals surface area contributed by atoms with Crippen molar-refractivity contribution in [3.63, 3.8) is 0 Å². The number of thiazole rings is 1. The van der Waals surface area contributed by atoms with Crippen LogP contribution in [0, 0.1) is 19.8 Å². The number of pyridine rings is 1. The van der Waals surface area contributed by atoms with Gasteiger partial charge in [0.25, 0.3) is 0 Å². The highest BCUT2D eigenvalue weighted by atomic mass is 32.1. The van der Waals surface area contributed by atoms with Gasteiger partial charge in [-0.25, -0.2) is 9.97 Å². The van der Waals surface area contributed by atoms with Crippen molar-refractivity contribution in [3.8, 4) is 10.6 Å². The fourth-order valence-corrected chi connectivity index (χ4v) is 6.70. The molecule has 38 heavy (non-hydrogen) atoms. The van der Waals surface area contributed by atoms with Crippen LogP contribution in [0.3, 0.4) is 0 Å². The first-order chi connectivity index (χ1) is 17.9. The first-order valence-corrected chi connectivity index (χ1v) is 13.9. The van der Waals surface area contributed by atoms with E-state index in [9.17, 15) is 5.11 Å². The molecule has 1 aliphatic carbocycles. The van der Waals surface area contributed by atoms with Gasteiger partial charge in [0, 0.05) is 25.3 Å². The van der Waals surface area contributed by atoms with Crippen molar-refractivity contribution in [2.75, 3.05) is 24.4 Å². The average molecular weight is 543 g/mol. The molecule has 0 unspecified atom stereocenters. The van der Waals surface area contributed by atoms with E-state index in [2.05, 4.69) is 15.6 Å². The van der Waals surface area contributed by atoms with Crippen molar-refractivity contribution < 1.29 is 19.3 Å². The lowest BCUT2D eigenvalue weighted by Crippen LogP contribution is -2.39. The average Bonchev–Trinajstić information content (AvgIpc) is 3.45. The van der Waals surface area contributed by atoms with Crippen molar-refractivity contribution >= 4 is 33.3 Å². The Labute approximate surface area is 227 Å². The molecule has 5 atom stereocenters. The Bertz CT molecular complexity index is 1320. The third-order valence-electron chi connectivity index (χ3n) is 7.28. The minimum Gasteiger partial charge on any atom is -0.390 e. The Morgan fingerprint density at radius 2 is 1.92 bits per heavy atom. The van der Waals surface area contributed by atoms with Gasteiger partial charge in [-0.2, -0.15) is 4.98 Å². The molecule has 3 N–H and O–H groups in total. The van der Waals surface area contributed by atoms with Gasteiger partial charge >= 0.3 is 0 Å². The zero-order chi connectivity index (χ0) is 27.4. The fourth-order valence-electron chi connectivity index (χ4n) is 5.59. The molecule has 1 saturated heterocycles. The van der Waals surface area contributed by atoms with Crippen molar-refractivity contribution in [2.24, 2.45) is 5.92 Å². The van der Waals surface area contributed by atoms with Crippen LogP contribution < -0.4 is 10.6 Å². The Morgan fingerprint density at radius 3 is 2.61 bits per heavy atom. The van der Waals surface area contributed by atoms with Gasteiger partial charge in [0.05, 0.1) is 46.0 Å². The number of ether oxygens (including phenoxy) is 3. The van der Waals surface area contributed by atoms with E-state index in [0.29, 0.717) is 24.8 Å². The van der Waals surface area contributed by atoms with E-state index >= 15 is 0 Å². The van der Waals surface area contributed by atoms with E-state index in [1.54, 1.807) is 24.6 Å². The standard InChI is InChI=1S/C27H38N6O4S/c1-13(12-35-8)29-25-30-14(2)19(24-32-20-15(3)28-10-9-18(20)38-24)23(33-25)31-17-11-16(26(4,5)34)21-22(17)37-27(6,7)36-21/h9-10,13,16-17,21-22,34H,11-12H2,1-8H3,(H2,29,30,31,33)/t13-,16+,17-,21-,22+/m1/s1. The Hall–Kier alpha value is -2.44. The van der Waals surface area contributed by atoms with Gasteiger partial charge in [0.2, 0.25) is 5.95 Å². The highest BCUT2D eigenvalue weighted by Gasteiger charge is 2.57. The third-order valence-corrected chi connectivity index (χ3v) is 8.32. The largest absolute Gasteiger partial charge is 0.390 e. The number of hydrogen-bond acceptors (Lipinski definition) is 11. The number of rotatable bonds is 8. The third kappa shape index (κ3) is 5.22. The van der Waals surface area contributed by atoms with Gasteiger partial charge in [0.1, 0.15) is 22.4 Å². The summed E-state index contributed by atoms with van der Waals surface area (Å²) in [7, 11) is 1.67. The second kappa shape index (κ2) is 9.95. The number of methoxy groups -OCH3 is 1. The highest BCUT2D eigenvalue weighted by Crippen LogP contribution is 2.47. The summed E-state index contributed by atoms with van der Waals surface area (Å²) in [5.41, 5.74) is 2.49. The first kappa shape index (κ1) is 27.1. The molecule has 2 fully saturated rings. The normalized spacial score (nSPS) is 25.5. The molecule has 1 saturated carbocycles. The second-order valence-electron chi connectivity index (χ2n) is 11.4. The molecule has 0 amide bonds. The van der Waals surface area contributed by atoms with Gasteiger partial charge in [-0.1, -0.05) is 0 Å². The first-order valence-electron chi connectivity index (χ1n) is 13.1. The maximum absolute atomic E-state index is 11.0. The predicted octanol–water partition coefficient (Wildman–Crippen LogP) is 4.30. The van der Waals surface area contributed by atoms with Gasteiger partial charge < -0.3 is 30.0 Å². The number of nitrogens with zero attached hydrogens (tertiary/aromatic N) is 4. The van der Waals surface area contributed by atoms with E-state index < -0.39 is 11.4 Å². The van der Waals surface area contributed by atoms with E-state index in [1.165, 1.54) is 0 Å². The molecule has 4 heterocycles. The second-order valence-corrected chi connectivity index (χ2v) is 12.5. The minimum atomic E-state index is -0.923. The molecule has 0 bridgehead atoms. The van der Waals surface area contributed by atoms with Gasteiger partial charge in [-0.3, -0.25) is 4.98 Å². The summed E-state index contributed by atoms with van der Waals surface area (Å²) in [5, 5.41) is 18.8. The van der Waals surface area contributed by atoms with Crippen LogP contribution in [-0.4, -0.2) is 74.4 Å². The van der Waals surface area contributed by atoms with E-state index in [1.807, 2.05) is 54.5 Å².